The normalized spacial score (nSPS) is 19.1. The van der Waals surface area contributed by atoms with Crippen molar-refractivity contribution in [1.82, 2.24) is 10.2 Å². The van der Waals surface area contributed by atoms with Crippen molar-refractivity contribution in [3.63, 3.8) is 0 Å². The van der Waals surface area contributed by atoms with E-state index in [-0.39, 0.29) is 12.3 Å². The number of halogens is 1. The summed E-state index contributed by atoms with van der Waals surface area (Å²) in [7, 11) is 1.42. The topological polar surface area (TPSA) is 92.5 Å². The van der Waals surface area contributed by atoms with Gasteiger partial charge in [0.1, 0.15) is 6.04 Å². The standard InChI is InChI=1S/C13H14BrN3O3/c1-17-11(18)5-4-10(13(17)20)16-12(19)8-6-7(15)2-3-9(8)14/h2-3,6,10H,4-5,15H2,1H3,(H,16,19). The maximum absolute atomic E-state index is 12.2. The summed E-state index contributed by atoms with van der Waals surface area (Å²) in [4.78, 5) is 36.5. The molecule has 0 aliphatic carbocycles. The Morgan fingerprint density at radius 1 is 1.45 bits per heavy atom. The number of rotatable bonds is 2. The van der Waals surface area contributed by atoms with Crippen molar-refractivity contribution >= 4 is 39.3 Å². The van der Waals surface area contributed by atoms with Gasteiger partial charge >= 0.3 is 0 Å². The first-order chi connectivity index (χ1) is 9.40. The molecule has 6 nitrogen and oxygen atoms in total. The van der Waals surface area contributed by atoms with E-state index in [0.717, 1.165) is 4.90 Å². The van der Waals surface area contributed by atoms with Crippen LogP contribution in [0.25, 0.3) is 0 Å². The number of hydrogen-bond acceptors (Lipinski definition) is 4. The van der Waals surface area contributed by atoms with Crippen molar-refractivity contribution in [2.24, 2.45) is 0 Å². The van der Waals surface area contributed by atoms with Crippen LogP contribution < -0.4 is 11.1 Å². The lowest BCUT2D eigenvalue weighted by atomic mass is 10.0. The number of hydrogen-bond donors (Lipinski definition) is 2. The predicted octanol–water partition coefficient (Wildman–Crippen LogP) is 0.908. The van der Waals surface area contributed by atoms with E-state index in [1.54, 1.807) is 12.1 Å². The number of nitrogen functional groups attached to an aromatic ring is 1. The fourth-order valence-electron chi connectivity index (χ4n) is 2.00. The maximum Gasteiger partial charge on any atom is 0.253 e. The number of likely N-dealkylation sites (N-methyl/N-ethyl adjacent to an activating group) is 1. The highest BCUT2D eigenvalue weighted by atomic mass is 79.9. The molecule has 1 heterocycles. The molecular weight excluding hydrogens is 326 g/mol. The molecule has 0 saturated carbocycles. The molecule has 0 bridgehead atoms. The molecule has 106 valence electrons. The molecule has 1 aliphatic heterocycles. The van der Waals surface area contributed by atoms with Crippen molar-refractivity contribution in [2.45, 2.75) is 18.9 Å². The minimum Gasteiger partial charge on any atom is -0.399 e. The summed E-state index contributed by atoms with van der Waals surface area (Å²) in [5.41, 5.74) is 6.46. The number of amides is 3. The fourth-order valence-corrected chi connectivity index (χ4v) is 2.43. The Morgan fingerprint density at radius 3 is 2.85 bits per heavy atom. The van der Waals surface area contributed by atoms with E-state index in [1.165, 1.54) is 13.1 Å². The van der Waals surface area contributed by atoms with Crippen LogP contribution >= 0.6 is 15.9 Å². The Balaban J connectivity index is 2.14. The lowest BCUT2D eigenvalue weighted by Gasteiger charge is -2.28. The van der Waals surface area contributed by atoms with Gasteiger partial charge in [0.15, 0.2) is 0 Å². The Kier molecular flexibility index (Phi) is 4.08. The third kappa shape index (κ3) is 2.82. The Bertz CT molecular complexity index is 588. The van der Waals surface area contributed by atoms with E-state index in [2.05, 4.69) is 21.2 Å². The van der Waals surface area contributed by atoms with Crippen LogP contribution in [0, 0.1) is 0 Å². The van der Waals surface area contributed by atoms with Gasteiger partial charge in [0, 0.05) is 23.6 Å². The second-order valence-corrected chi connectivity index (χ2v) is 5.45. The first kappa shape index (κ1) is 14.5. The van der Waals surface area contributed by atoms with E-state index < -0.39 is 17.9 Å². The number of nitrogens with two attached hydrogens (primary N) is 1. The van der Waals surface area contributed by atoms with Gasteiger partial charge in [-0.1, -0.05) is 0 Å². The molecule has 3 amide bonds. The molecule has 1 aromatic carbocycles. The van der Waals surface area contributed by atoms with E-state index in [9.17, 15) is 14.4 Å². The summed E-state index contributed by atoms with van der Waals surface area (Å²) in [6, 6.07) is 4.18. The van der Waals surface area contributed by atoms with Gasteiger partial charge < -0.3 is 11.1 Å². The van der Waals surface area contributed by atoms with Gasteiger partial charge in [0.05, 0.1) is 5.56 Å². The lowest BCUT2D eigenvalue weighted by molar-refractivity contribution is -0.147. The monoisotopic (exact) mass is 339 g/mol. The number of piperidine rings is 1. The van der Waals surface area contributed by atoms with Crippen LogP contribution in [0.1, 0.15) is 23.2 Å². The SMILES string of the molecule is CN1C(=O)CCC(NC(=O)c2cc(N)ccc2Br)C1=O. The van der Waals surface area contributed by atoms with Crippen LogP contribution in [-0.4, -0.2) is 35.7 Å². The van der Waals surface area contributed by atoms with Gasteiger partial charge in [-0.3, -0.25) is 19.3 Å². The summed E-state index contributed by atoms with van der Waals surface area (Å²) < 4.78 is 0.594. The minimum absolute atomic E-state index is 0.231. The average Bonchev–Trinajstić information content (AvgIpc) is 2.42. The second-order valence-electron chi connectivity index (χ2n) is 4.59. The molecule has 20 heavy (non-hydrogen) atoms. The molecular formula is C13H14BrN3O3. The van der Waals surface area contributed by atoms with Crippen molar-refractivity contribution in [3.05, 3.63) is 28.2 Å². The number of imide groups is 1. The molecule has 0 radical (unpaired) electrons. The minimum atomic E-state index is -0.682. The van der Waals surface area contributed by atoms with Gasteiger partial charge in [0.2, 0.25) is 5.91 Å². The molecule has 1 saturated heterocycles. The zero-order valence-electron chi connectivity index (χ0n) is 10.9. The van der Waals surface area contributed by atoms with Gasteiger partial charge in [-0.15, -0.1) is 0 Å². The molecule has 1 aliphatic rings. The zero-order chi connectivity index (χ0) is 14.9. The average molecular weight is 340 g/mol. The largest absolute Gasteiger partial charge is 0.399 e. The van der Waals surface area contributed by atoms with Crippen LogP contribution in [0.15, 0.2) is 22.7 Å². The second kappa shape index (κ2) is 5.62. The number of carbonyl (C=O) groups is 3. The number of likely N-dealkylation sites (tertiary alicyclic amines) is 1. The van der Waals surface area contributed by atoms with Gasteiger partial charge in [-0.2, -0.15) is 0 Å². The zero-order valence-corrected chi connectivity index (χ0v) is 12.4. The van der Waals surface area contributed by atoms with Crippen molar-refractivity contribution < 1.29 is 14.4 Å². The molecule has 1 fully saturated rings. The van der Waals surface area contributed by atoms with Crippen LogP contribution in [0.3, 0.4) is 0 Å². The van der Waals surface area contributed by atoms with Crippen LogP contribution in [0.2, 0.25) is 0 Å². The highest BCUT2D eigenvalue weighted by Crippen LogP contribution is 2.20. The van der Waals surface area contributed by atoms with Gasteiger partial charge in [-0.05, 0) is 40.5 Å². The van der Waals surface area contributed by atoms with Crippen LogP contribution in [-0.2, 0) is 9.59 Å². The van der Waals surface area contributed by atoms with Crippen molar-refractivity contribution in [1.29, 1.82) is 0 Å². The Morgan fingerprint density at radius 2 is 2.15 bits per heavy atom. The van der Waals surface area contributed by atoms with Crippen molar-refractivity contribution in [2.75, 3.05) is 12.8 Å². The summed E-state index contributed by atoms with van der Waals surface area (Å²) >= 11 is 3.27. The molecule has 7 heteroatoms. The van der Waals surface area contributed by atoms with Crippen molar-refractivity contribution in [3.8, 4) is 0 Å². The quantitative estimate of drug-likeness (QED) is 0.618. The van der Waals surface area contributed by atoms with E-state index in [1.807, 2.05) is 0 Å². The van der Waals surface area contributed by atoms with E-state index in [0.29, 0.717) is 22.1 Å². The number of anilines is 1. The van der Waals surface area contributed by atoms with E-state index in [4.69, 9.17) is 5.73 Å². The highest BCUT2D eigenvalue weighted by molar-refractivity contribution is 9.10. The first-order valence-electron chi connectivity index (χ1n) is 6.06. The van der Waals surface area contributed by atoms with Gasteiger partial charge in [-0.25, -0.2) is 0 Å². The van der Waals surface area contributed by atoms with E-state index >= 15 is 0 Å². The third-order valence-corrected chi connectivity index (χ3v) is 3.88. The summed E-state index contributed by atoms with van der Waals surface area (Å²) in [5.74, 6) is -1.02. The maximum atomic E-state index is 12.2. The lowest BCUT2D eigenvalue weighted by Crippen LogP contribution is -2.52. The number of benzene rings is 1. The Labute approximate surface area is 124 Å². The molecule has 1 aromatic rings. The number of nitrogens with one attached hydrogen (secondary N) is 1. The predicted molar refractivity (Wildman–Crippen MR) is 76.8 cm³/mol. The summed E-state index contributed by atoms with van der Waals surface area (Å²) in [6.45, 7) is 0. The van der Waals surface area contributed by atoms with Crippen LogP contribution in [0.5, 0.6) is 0 Å². The summed E-state index contributed by atoms with van der Waals surface area (Å²) in [5, 5.41) is 2.64. The number of carbonyl (C=O) groups excluding carboxylic acids is 3. The molecule has 0 spiro atoms. The fraction of sp³-hybridized carbons (Fsp3) is 0.308. The summed E-state index contributed by atoms with van der Waals surface area (Å²) in [6.07, 6.45) is 0.555. The molecule has 3 N–H and O–H groups in total. The molecule has 0 aromatic heterocycles. The third-order valence-electron chi connectivity index (χ3n) is 3.19. The van der Waals surface area contributed by atoms with Gasteiger partial charge in [0.25, 0.3) is 11.8 Å². The Hall–Kier alpha value is -1.89. The highest BCUT2D eigenvalue weighted by Gasteiger charge is 2.33. The smallest absolute Gasteiger partial charge is 0.253 e. The molecule has 1 atom stereocenters. The number of nitrogens with zero attached hydrogens (tertiary/aromatic N) is 1. The molecule has 2 rings (SSSR count). The molecule has 1 unspecified atom stereocenters. The van der Waals surface area contributed by atoms with Crippen LogP contribution in [0.4, 0.5) is 5.69 Å². The first-order valence-corrected chi connectivity index (χ1v) is 6.85.